The Balaban J connectivity index is 3.77. The summed E-state index contributed by atoms with van der Waals surface area (Å²) in [5.41, 5.74) is 0. The van der Waals surface area contributed by atoms with Crippen molar-refractivity contribution in [2.45, 2.75) is 186 Å². The van der Waals surface area contributed by atoms with Crippen molar-refractivity contribution in [2.24, 2.45) is 0 Å². The number of carbonyl (C=O) groups excluding carboxylic acids is 1. The fourth-order valence-corrected chi connectivity index (χ4v) is 5.04. The van der Waals surface area contributed by atoms with Crippen LogP contribution in [0.1, 0.15) is 168 Å². The predicted molar refractivity (Wildman–Crippen MR) is 171 cm³/mol. The van der Waals surface area contributed by atoms with E-state index >= 15 is 0 Å². The standard InChI is InChI=1S/C35H67NO4/c1-3-5-7-9-11-13-15-16-17-18-19-20-22-24-26-28-32(38)30-35(40)36-33(31-37)34(39)29-27-25-23-21-14-12-10-8-6-4-2/h16-17,27,29,32-34,37-39H,3-15,18-26,28,30-31H2,1-2H3,(H,36,40)/b17-16-,29-27+. The van der Waals surface area contributed by atoms with Crippen molar-refractivity contribution < 1.29 is 20.1 Å². The second-order valence-corrected chi connectivity index (χ2v) is 11.8. The summed E-state index contributed by atoms with van der Waals surface area (Å²) in [6, 6.07) is -0.741. The molecule has 5 heteroatoms. The Bertz CT molecular complexity index is 592. The third kappa shape index (κ3) is 27.0. The first kappa shape index (κ1) is 38.8. The number of amides is 1. The number of unbranched alkanes of at least 4 members (excludes halogenated alkanes) is 19. The first-order valence-electron chi connectivity index (χ1n) is 17.1. The van der Waals surface area contributed by atoms with Crippen molar-refractivity contribution in [3.8, 4) is 0 Å². The minimum absolute atomic E-state index is 0.00852. The molecule has 0 radical (unpaired) electrons. The lowest BCUT2D eigenvalue weighted by Gasteiger charge is -2.21. The fourth-order valence-electron chi connectivity index (χ4n) is 5.04. The molecule has 0 aliphatic heterocycles. The van der Waals surface area contributed by atoms with E-state index in [4.69, 9.17) is 0 Å². The van der Waals surface area contributed by atoms with Crippen LogP contribution in [0.2, 0.25) is 0 Å². The number of nitrogens with one attached hydrogen (secondary N) is 1. The summed E-state index contributed by atoms with van der Waals surface area (Å²) < 4.78 is 0. The van der Waals surface area contributed by atoms with Crippen molar-refractivity contribution in [1.82, 2.24) is 5.32 Å². The van der Waals surface area contributed by atoms with Crippen molar-refractivity contribution in [3.63, 3.8) is 0 Å². The summed E-state index contributed by atoms with van der Waals surface area (Å²) in [4.78, 5) is 12.3. The molecule has 0 aromatic heterocycles. The average Bonchev–Trinajstić information content (AvgIpc) is 2.94. The van der Waals surface area contributed by atoms with Crippen molar-refractivity contribution in [2.75, 3.05) is 6.61 Å². The van der Waals surface area contributed by atoms with E-state index in [2.05, 4.69) is 31.3 Å². The van der Waals surface area contributed by atoms with E-state index in [-0.39, 0.29) is 18.9 Å². The van der Waals surface area contributed by atoms with Crippen LogP contribution in [0.25, 0.3) is 0 Å². The highest BCUT2D eigenvalue weighted by molar-refractivity contribution is 5.76. The molecule has 1 amide bonds. The van der Waals surface area contributed by atoms with Crippen LogP contribution < -0.4 is 5.32 Å². The SMILES string of the molecule is CCCCCCCC/C=C\CCCCCCCC(O)CC(=O)NC(CO)C(O)/C=C/CCCCCCCCCC. The second-order valence-electron chi connectivity index (χ2n) is 11.8. The Hall–Kier alpha value is -1.17. The average molecular weight is 566 g/mol. The number of hydrogen-bond acceptors (Lipinski definition) is 4. The Morgan fingerprint density at radius 2 is 1.05 bits per heavy atom. The lowest BCUT2D eigenvalue weighted by molar-refractivity contribution is -0.124. The van der Waals surface area contributed by atoms with E-state index < -0.39 is 18.2 Å². The van der Waals surface area contributed by atoms with Gasteiger partial charge < -0.3 is 20.6 Å². The zero-order valence-electron chi connectivity index (χ0n) is 26.5. The minimum Gasteiger partial charge on any atom is -0.394 e. The molecule has 0 aliphatic carbocycles. The van der Waals surface area contributed by atoms with E-state index in [0.29, 0.717) is 6.42 Å². The van der Waals surface area contributed by atoms with Crippen LogP contribution in [0, 0.1) is 0 Å². The topological polar surface area (TPSA) is 89.8 Å². The molecule has 0 fully saturated rings. The highest BCUT2D eigenvalue weighted by atomic mass is 16.3. The molecule has 0 spiro atoms. The van der Waals surface area contributed by atoms with Gasteiger partial charge in [-0.1, -0.05) is 141 Å². The first-order valence-corrected chi connectivity index (χ1v) is 17.1. The van der Waals surface area contributed by atoms with Gasteiger partial charge in [0.2, 0.25) is 5.91 Å². The van der Waals surface area contributed by atoms with Crippen molar-refractivity contribution in [3.05, 3.63) is 24.3 Å². The smallest absolute Gasteiger partial charge is 0.222 e. The molecule has 236 valence electrons. The summed E-state index contributed by atoms with van der Waals surface area (Å²) in [5.74, 6) is -0.324. The maximum Gasteiger partial charge on any atom is 0.222 e. The van der Waals surface area contributed by atoms with Gasteiger partial charge in [0, 0.05) is 0 Å². The zero-order chi connectivity index (χ0) is 29.5. The summed E-state index contributed by atoms with van der Waals surface area (Å²) in [6.45, 7) is 4.16. The molecular weight excluding hydrogens is 498 g/mol. The molecule has 4 N–H and O–H groups in total. The number of aliphatic hydroxyl groups is 3. The molecule has 0 heterocycles. The third-order valence-corrected chi connectivity index (χ3v) is 7.73. The van der Waals surface area contributed by atoms with E-state index in [1.807, 2.05) is 6.08 Å². The van der Waals surface area contributed by atoms with Crippen molar-refractivity contribution >= 4 is 5.91 Å². The van der Waals surface area contributed by atoms with Crippen LogP contribution in [0.5, 0.6) is 0 Å². The maximum atomic E-state index is 12.3. The van der Waals surface area contributed by atoms with Crippen LogP contribution in [-0.4, -0.2) is 46.1 Å². The molecule has 40 heavy (non-hydrogen) atoms. The van der Waals surface area contributed by atoms with Gasteiger partial charge in [0.15, 0.2) is 0 Å². The number of aliphatic hydroxyl groups excluding tert-OH is 3. The molecule has 0 aromatic rings. The molecule has 0 bridgehead atoms. The lowest BCUT2D eigenvalue weighted by atomic mass is 10.0. The zero-order valence-corrected chi connectivity index (χ0v) is 26.5. The molecule has 0 aromatic carbocycles. The third-order valence-electron chi connectivity index (χ3n) is 7.73. The molecular formula is C35H67NO4. The van der Waals surface area contributed by atoms with Gasteiger partial charge in [0.25, 0.3) is 0 Å². The van der Waals surface area contributed by atoms with Crippen LogP contribution in [0.3, 0.4) is 0 Å². The summed E-state index contributed by atoms with van der Waals surface area (Å²) in [7, 11) is 0. The number of rotatable bonds is 30. The number of allylic oxidation sites excluding steroid dienone is 3. The predicted octanol–water partition coefficient (Wildman–Crippen LogP) is 8.70. The van der Waals surface area contributed by atoms with Gasteiger partial charge in [0.1, 0.15) is 0 Å². The van der Waals surface area contributed by atoms with Crippen molar-refractivity contribution in [1.29, 1.82) is 0 Å². The van der Waals surface area contributed by atoms with E-state index in [9.17, 15) is 20.1 Å². The molecule has 0 aliphatic rings. The van der Waals surface area contributed by atoms with Gasteiger partial charge in [-0.05, 0) is 44.9 Å². The Morgan fingerprint density at radius 1 is 0.625 bits per heavy atom. The van der Waals surface area contributed by atoms with Gasteiger partial charge >= 0.3 is 0 Å². The molecule has 5 nitrogen and oxygen atoms in total. The molecule has 0 saturated heterocycles. The van der Waals surface area contributed by atoms with Crippen LogP contribution >= 0.6 is 0 Å². The highest BCUT2D eigenvalue weighted by Crippen LogP contribution is 2.13. The first-order chi connectivity index (χ1) is 19.5. The van der Waals surface area contributed by atoms with Crippen LogP contribution in [0.4, 0.5) is 0 Å². The number of carbonyl (C=O) groups is 1. The van der Waals surface area contributed by atoms with Gasteiger partial charge in [-0.15, -0.1) is 0 Å². The maximum absolute atomic E-state index is 12.3. The minimum atomic E-state index is -0.925. The van der Waals surface area contributed by atoms with Crippen LogP contribution in [0.15, 0.2) is 24.3 Å². The van der Waals surface area contributed by atoms with Gasteiger partial charge in [0.05, 0.1) is 31.3 Å². The molecule has 3 atom stereocenters. The largest absolute Gasteiger partial charge is 0.394 e. The molecule has 3 unspecified atom stereocenters. The summed E-state index contributed by atoms with van der Waals surface area (Å²) in [5, 5.41) is 32.9. The molecule has 0 rings (SSSR count). The molecule has 0 saturated carbocycles. The Kier molecular flexibility index (Phi) is 29.9. The van der Waals surface area contributed by atoms with E-state index in [1.165, 1.54) is 103 Å². The summed E-state index contributed by atoms with van der Waals surface area (Å²) in [6.07, 6.45) is 34.4. The second kappa shape index (κ2) is 30.8. The quantitative estimate of drug-likeness (QED) is 0.0518. The highest BCUT2D eigenvalue weighted by Gasteiger charge is 2.20. The Labute approximate surface area is 248 Å². The summed E-state index contributed by atoms with van der Waals surface area (Å²) >= 11 is 0. The number of hydrogen-bond donors (Lipinski definition) is 4. The lowest BCUT2D eigenvalue weighted by Crippen LogP contribution is -2.45. The Morgan fingerprint density at radius 3 is 1.52 bits per heavy atom. The fraction of sp³-hybridized carbons (Fsp3) is 0.857. The monoisotopic (exact) mass is 566 g/mol. The van der Waals surface area contributed by atoms with E-state index in [0.717, 1.165) is 38.5 Å². The van der Waals surface area contributed by atoms with Crippen LogP contribution in [-0.2, 0) is 4.79 Å². The van der Waals surface area contributed by atoms with Gasteiger partial charge in [-0.2, -0.15) is 0 Å². The normalized spacial score (nSPS) is 14.2. The van der Waals surface area contributed by atoms with Gasteiger partial charge in [-0.3, -0.25) is 4.79 Å². The van der Waals surface area contributed by atoms with Gasteiger partial charge in [-0.25, -0.2) is 0 Å². The van der Waals surface area contributed by atoms with E-state index in [1.54, 1.807) is 6.08 Å².